The Kier molecular flexibility index (Phi) is 4.95. The number of carboxylic acids is 1. The fourth-order valence-corrected chi connectivity index (χ4v) is 3.42. The Balaban J connectivity index is 1.54. The van der Waals surface area contributed by atoms with E-state index in [4.69, 9.17) is 14.8 Å². The highest BCUT2D eigenvalue weighted by Crippen LogP contribution is 2.30. The summed E-state index contributed by atoms with van der Waals surface area (Å²) in [6, 6.07) is 7.74. The van der Waals surface area contributed by atoms with Crippen LogP contribution in [-0.4, -0.2) is 61.9 Å². The van der Waals surface area contributed by atoms with E-state index in [2.05, 4.69) is 20.1 Å². The van der Waals surface area contributed by atoms with Crippen molar-refractivity contribution in [3.63, 3.8) is 0 Å². The minimum atomic E-state index is -0.765. The SMILES string of the molecule is CC(C)Oc1ccc2[nH]nc(-c3nccc(C4CN(CCC(=O)O)C4)n3)c2c1. The molecule has 0 aliphatic carbocycles. The van der Waals surface area contributed by atoms with Crippen LogP contribution in [0.2, 0.25) is 0 Å². The molecule has 2 N–H and O–H groups in total. The molecule has 3 heterocycles. The number of fused-ring (bicyclic) bond motifs is 1. The maximum atomic E-state index is 10.7. The summed E-state index contributed by atoms with van der Waals surface area (Å²) in [4.78, 5) is 22.0. The third kappa shape index (κ3) is 3.82. The van der Waals surface area contributed by atoms with Crippen LogP contribution in [-0.2, 0) is 4.79 Å². The standard InChI is InChI=1S/C20H23N5O3/c1-12(2)28-14-3-4-17-15(9-14)19(24-23-17)20-21-7-5-16(22-20)13-10-25(11-13)8-6-18(26)27/h3-5,7,9,12-13H,6,8,10-11H2,1-2H3,(H,23,24)(H,26,27). The molecule has 0 saturated carbocycles. The van der Waals surface area contributed by atoms with Gasteiger partial charge in [0.2, 0.25) is 0 Å². The van der Waals surface area contributed by atoms with Crippen LogP contribution in [0.5, 0.6) is 5.75 Å². The van der Waals surface area contributed by atoms with E-state index in [1.54, 1.807) is 6.20 Å². The van der Waals surface area contributed by atoms with Crippen molar-refractivity contribution in [1.82, 2.24) is 25.1 Å². The monoisotopic (exact) mass is 381 g/mol. The zero-order chi connectivity index (χ0) is 19.7. The van der Waals surface area contributed by atoms with Crippen LogP contribution >= 0.6 is 0 Å². The Labute approximate surface area is 162 Å². The summed E-state index contributed by atoms with van der Waals surface area (Å²) in [6.07, 6.45) is 2.02. The fraction of sp³-hybridized carbons (Fsp3) is 0.400. The maximum Gasteiger partial charge on any atom is 0.304 e. The molecule has 0 atom stereocenters. The number of hydrogen-bond acceptors (Lipinski definition) is 6. The van der Waals surface area contributed by atoms with Crippen LogP contribution in [0, 0.1) is 0 Å². The molecule has 0 bridgehead atoms. The molecule has 0 radical (unpaired) electrons. The van der Waals surface area contributed by atoms with Crippen molar-refractivity contribution in [2.24, 2.45) is 0 Å². The van der Waals surface area contributed by atoms with Crippen molar-refractivity contribution < 1.29 is 14.6 Å². The minimum Gasteiger partial charge on any atom is -0.491 e. The Hall–Kier alpha value is -3.00. The maximum absolute atomic E-state index is 10.7. The van der Waals surface area contributed by atoms with Crippen molar-refractivity contribution in [1.29, 1.82) is 0 Å². The van der Waals surface area contributed by atoms with Gasteiger partial charge >= 0.3 is 5.97 Å². The van der Waals surface area contributed by atoms with Crippen LogP contribution in [0.4, 0.5) is 0 Å². The topological polar surface area (TPSA) is 104 Å². The highest BCUT2D eigenvalue weighted by Gasteiger charge is 2.29. The van der Waals surface area contributed by atoms with Crippen molar-refractivity contribution in [3.05, 3.63) is 36.2 Å². The third-order valence-electron chi connectivity index (χ3n) is 4.81. The van der Waals surface area contributed by atoms with Crippen LogP contribution in [0.15, 0.2) is 30.5 Å². The molecule has 8 heteroatoms. The van der Waals surface area contributed by atoms with Gasteiger partial charge < -0.3 is 14.7 Å². The molecule has 1 fully saturated rings. The van der Waals surface area contributed by atoms with E-state index in [1.165, 1.54) is 0 Å². The number of carboxylic acid groups (broad SMARTS) is 1. The molecule has 0 amide bonds. The molecule has 8 nitrogen and oxygen atoms in total. The van der Waals surface area contributed by atoms with Crippen LogP contribution in [0.1, 0.15) is 31.9 Å². The number of aromatic nitrogens is 4. The normalized spacial score (nSPS) is 15.1. The molecular weight excluding hydrogens is 358 g/mol. The molecule has 3 aromatic rings. The first kappa shape index (κ1) is 18.4. The zero-order valence-corrected chi connectivity index (χ0v) is 15.9. The summed E-state index contributed by atoms with van der Waals surface area (Å²) in [5, 5.41) is 17.2. The molecule has 1 aliphatic rings. The number of ether oxygens (including phenoxy) is 1. The largest absolute Gasteiger partial charge is 0.491 e. The van der Waals surface area contributed by atoms with Gasteiger partial charge in [0.05, 0.1) is 23.7 Å². The molecule has 1 saturated heterocycles. The highest BCUT2D eigenvalue weighted by atomic mass is 16.5. The second kappa shape index (κ2) is 7.55. The molecule has 0 spiro atoms. The molecular formula is C20H23N5O3. The molecule has 1 aliphatic heterocycles. The lowest BCUT2D eigenvalue weighted by Gasteiger charge is -2.38. The Morgan fingerprint density at radius 2 is 2.18 bits per heavy atom. The van der Waals surface area contributed by atoms with Crippen molar-refractivity contribution >= 4 is 16.9 Å². The van der Waals surface area contributed by atoms with Gasteiger partial charge in [0.15, 0.2) is 5.82 Å². The molecule has 0 unspecified atom stereocenters. The number of nitrogens with one attached hydrogen (secondary N) is 1. The number of H-pyrrole nitrogens is 1. The first-order valence-electron chi connectivity index (χ1n) is 9.42. The van der Waals surface area contributed by atoms with Crippen molar-refractivity contribution in [2.75, 3.05) is 19.6 Å². The fourth-order valence-electron chi connectivity index (χ4n) is 3.42. The van der Waals surface area contributed by atoms with Gasteiger partial charge in [-0.05, 0) is 38.1 Å². The van der Waals surface area contributed by atoms with Gasteiger partial charge in [-0.1, -0.05) is 0 Å². The van der Waals surface area contributed by atoms with E-state index in [0.29, 0.717) is 24.0 Å². The first-order chi connectivity index (χ1) is 13.5. The highest BCUT2D eigenvalue weighted by molar-refractivity contribution is 5.92. The van der Waals surface area contributed by atoms with E-state index in [1.807, 2.05) is 38.1 Å². The average molecular weight is 381 g/mol. The predicted molar refractivity (Wildman–Crippen MR) is 104 cm³/mol. The number of benzene rings is 1. The molecule has 2 aromatic heterocycles. The third-order valence-corrected chi connectivity index (χ3v) is 4.81. The van der Waals surface area contributed by atoms with Crippen LogP contribution in [0.25, 0.3) is 22.4 Å². The van der Waals surface area contributed by atoms with Gasteiger partial charge in [0.1, 0.15) is 11.4 Å². The Morgan fingerprint density at radius 1 is 1.36 bits per heavy atom. The molecule has 28 heavy (non-hydrogen) atoms. The lowest BCUT2D eigenvalue weighted by atomic mass is 9.96. The van der Waals surface area contributed by atoms with E-state index >= 15 is 0 Å². The van der Waals surface area contributed by atoms with E-state index in [9.17, 15) is 4.79 Å². The van der Waals surface area contributed by atoms with Crippen molar-refractivity contribution in [3.8, 4) is 17.3 Å². The smallest absolute Gasteiger partial charge is 0.304 e. The van der Waals surface area contributed by atoms with Gasteiger partial charge in [-0.25, -0.2) is 9.97 Å². The minimum absolute atomic E-state index is 0.0927. The van der Waals surface area contributed by atoms with Crippen LogP contribution in [0.3, 0.4) is 0 Å². The molecule has 1 aromatic carbocycles. The number of aromatic amines is 1. The predicted octanol–water partition coefficient (Wildman–Crippen LogP) is 2.68. The quantitative estimate of drug-likeness (QED) is 0.648. The lowest BCUT2D eigenvalue weighted by Crippen LogP contribution is -2.46. The average Bonchev–Trinajstić information content (AvgIpc) is 3.03. The Morgan fingerprint density at radius 3 is 2.93 bits per heavy atom. The molecule has 4 rings (SSSR count). The lowest BCUT2D eigenvalue weighted by molar-refractivity contribution is -0.137. The van der Waals surface area contributed by atoms with Gasteiger partial charge in [-0.15, -0.1) is 0 Å². The second-order valence-electron chi connectivity index (χ2n) is 7.35. The number of likely N-dealkylation sites (tertiary alicyclic amines) is 1. The van der Waals surface area contributed by atoms with E-state index < -0.39 is 5.97 Å². The Bertz CT molecular complexity index is 994. The van der Waals surface area contributed by atoms with Gasteiger partial charge in [-0.2, -0.15) is 5.10 Å². The number of rotatable bonds is 7. The summed E-state index contributed by atoms with van der Waals surface area (Å²) in [5.41, 5.74) is 2.57. The second-order valence-corrected chi connectivity index (χ2v) is 7.35. The van der Waals surface area contributed by atoms with E-state index in [0.717, 1.165) is 35.4 Å². The summed E-state index contributed by atoms with van der Waals surface area (Å²) >= 11 is 0. The van der Waals surface area contributed by atoms with Gasteiger partial charge in [0.25, 0.3) is 0 Å². The number of aliphatic carboxylic acids is 1. The zero-order valence-electron chi connectivity index (χ0n) is 15.9. The molecule has 146 valence electrons. The van der Waals surface area contributed by atoms with Crippen molar-refractivity contribution in [2.45, 2.75) is 32.3 Å². The van der Waals surface area contributed by atoms with Gasteiger partial charge in [-0.3, -0.25) is 9.89 Å². The summed E-state index contributed by atoms with van der Waals surface area (Å²) in [5.74, 6) is 0.892. The van der Waals surface area contributed by atoms with Gasteiger partial charge in [0, 0.05) is 37.1 Å². The summed E-state index contributed by atoms with van der Waals surface area (Å²) in [6.45, 7) is 6.19. The van der Waals surface area contributed by atoms with E-state index in [-0.39, 0.29) is 12.5 Å². The number of nitrogens with zero attached hydrogens (tertiary/aromatic N) is 4. The summed E-state index contributed by atoms with van der Waals surface area (Å²) in [7, 11) is 0. The summed E-state index contributed by atoms with van der Waals surface area (Å²) < 4.78 is 5.79. The first-order valence-corrected chi connectivity index (χ1v) is 9.42. The van der Waals surface area contributed by atoms with Crippen LogP contribution < -0.4 is 4.74 Å². The number of hydrogen-bond donors (Lipinski definition) is 2. The number of carbonyl (C=O) groups is 1.